The Morgan fingerprint density at radius 3 is 2.61 bits per heavy atom. The molecule has 1 aromatic heterocycles. The molecule has 0 saturated heterocycles. The zero-order chi connectivity index (χ0) is 16.4. The van der Waals surface area contributed by atoms with Gasteiger partial charge in [0.15, 0.2) is 5.69 Å². The van der Waals surface area contributed by atoms with Crippen LogP contribution in [-0.4, -0.2) is 10.9 Å². The fraction of sp³-hybridized carbons (Fsp3) is 0.111. The maximum Gasteiger partial charge on any atom is 0.278 e. The van der Waals surface area contributed by atoms with E-state index in [1.165, 1.54) is 6.07 Å². The third-order valence-electron chi connectivity index (χ3n) is 3.40. The van der Waals surface area contributed by atoms with E-state index in [0.29, 0.717) is 11.7 Å². The summed E-state index contributed by atoms with van der Waals surface area (Å²) in [7, 11) is 0. The quantitative estimate of drug-likeness (QED) is 0.782. The summed E-state index contributed by atoms with van der Waals surface area (Å²) in [4.78, 5) is 16.6. The fourth-order valence-corrected chi connectivity index (χ4v) is 2.23. The molecule has 0 radical (unpaired) electrons. The topological polar surface area (TPSA) is 55.1 Å². The average molecular weight is 310 g/mol. The standard InChI is InChI=1S/C18H15FN2O2/c1-11-8-9-14(19)15(10-11)20-17(22)16-12(2)23-18(21-16)13-6-4-3-5-7-13/h3-10H,1-2H3,(H,20,22). The van der Waals surface area contributed by atoms with Gasteiger partial charge in [0.05, 0.1) is 5.69 Å². The van der Waals surface area contributed by atoms with E-state index in [9.17, 15) is 9.18 Å². The van der Waals surface area contributed by atoms with Crippen LogP contribution in [0.4, 0.5) is 10.1 Å². The second-order valence-electron chi connectivity index (χ2n) is 5.23. The number of halogens is 1. The number of rotatable bonds is 3. The molecule has 1 heterocycles. The van der Waals surface area contributed by atoms with Crippen LogP contribution in [0.2, 0.25) is 0 Å². The summed E-state index contributed by atoms with van der Waals surface area (Å²) < 4.78 is 19.3. The van der Waals surface area contributed by atoms with Crippen molar-refractivity contribution in [3.8, 4) is 11.5 Å². The van der Waals surface area contributed by atoms with Crippen molar-refractivity contribution in [3.05, 3.63) is 71.4 Å². The fourth-order valence-electron chi connectivity index (χ4n) is 2.23. The molecule has 0 aliphatic heterocycles. The molecule has 116 valence electrons. The van der Waals surface area contributed by atoms with Crippen molar-refractivity contribution in [2.45, 2.75) is 13.8 Å². The Hall–Kier alpha value is -2.95. The van der Waals surface area contributed by atoms with Crippen molar-refractivity contribution >= 4 is 11.6 Å². The van der Waals surface area contributed by atoms with Crippen molar-refractivity contribution in [2.24, 2.45) is 0 Å². The molecule has 0 saturated carbocycles. The minimum absolute atomic E-state index is 0.124. The van der Waals surface area contributed by atoms with Crippen LogP contribution in [-0.2, 0) is 0 Å². The van der Waals surface area contributed by atoms with Gasteiger partial charge in [0.1, 0.15) is 11.6 Å². The van der Waals surface area contributed by atoms with Gasteiger partial charge in [-0.05, 0) is 43.7 Å². The predicted molar refractivity (Wildman–Crippen MR) is 85.8 cm³/mol. The van der Waals surface area contributed by atoms with Gasteiger partial charge < -0.3 is 9.73 Å². The Kier molecular flexibility index (Phi) is 3.93. The molecule has 0 atom stereocenters. The zero-order valence-corrected chi connectivity index (χ0v) is 12.8. The molecule has 1 amide bonds. The molecular weight excluding hydrogens is 295 g/mol. The third-order valence-corrected chi connectivity index (χ3v) is 3.40. The number of carbonyl (C=O) groups excluding carboxylic acids is 1. The average Bonchev–Trinajstić information content (AvgIpc) is 2.94. The van der Waals surface area contributed by atoms with Crippen molar-refractivity contribution in [1.29, 1.82) is 0 Å². The van der Waals surface area contributed by atoms with Crippen molar-refractivity contribution in [2.75, 3.05) is 5.32 Å². The summed E-state index contributed by atoms with van der Waals surface area (Å²) in [5.41, 5.74) is 1.89. The molecular formula is C18H15FN2O2. The van der Waals surface area contributed by atoms with E-state index in [4.69, 9.17) is 4.42 Å². The number of nitrogens with zero attached hydrogens (tertiary/aromatic N) is 1. The number of amides is 1. The molecule has 0 aliphatic carbocycles. The number of hydrogen-bond acceptors (Lipinski definition) is 3. The molecule has 4 nitrogen and oxygen atoms in total. The Labute approximate surface area is 133 Å². The van der Waals surface area contributed by atoms with Gasteiger partial charge in [-0.15, -0.1) is 0 Å². The van der Waals surface area contributed by atoms with Crippen molar-refractivity contribution in [3.63, 3.8) is 0 Å². The van der Waals surface area contributed by atoms with E-state index < -0.39 is 11.7 Å². The van der Waals surface area contributed by atoms with Crippen LogP contribution < -0.4 is 5.32 Å². The van der Waals surface area contributed by atoms with Gasteiger partial charge in [-0.25, -0.2) is 9.37 Å². The van der Waals surface area contributed by atoms with E-state index in [-0.39, 0.29) is 11.4 Å². The number of oxazole rings is 1. The maximum absolute atomic E-state index is 13.8. The number of aromatic nitrogens is 1. The van der Waals surface area contributed by atoms with E-state index in [1.54, 1.807) is 19.1 Å². The SMILES string of the molecule is Cc1ccc(F)c(NC(=O)c2nc(-c3ccccc3)oc2C)c1. The highest BCUT2D eigenvalue weighted by Gasteiger charge is 2.19. The van der Waals surface area contributed by atoms with Gasteiger partial charge in [0.25, 0.3) is 5.91 Å². The number of nitrogens with one attached hydrogen (secondary N) is 1. The second-order valence-corrected chi connectivity index (χ2v) is 5.23. The lowest BCUT2D eigenvalue weighted by atomic mass is 10.2. The first-order valence-corrected chi connectivity index (χ1v) is 7.15. The summed E-state index contributed by atoms with van der Waals surface area (Å²) >= 11 is 0. The number of aryl methyl sites for hydroxylation is 2. The number of anilines is 1. The van der Waals surface area contributed by atoms with Crippen molar-refractivity contribution < 1.29 is 13.6 Å². The predicted octanol–water partition coefficient (Wildman–Crippen LogP) is 4.35. The lowest BCUT2D eigenvalue weighted by Gasteiger charge is -2.05. The summed E-state index contributed by atoms with van der Waals surface area (Å²) in [6.45, 7) is 3.48. The summed E-state index contributed by atoms with van der Waals surface area (Å²) in [6, 6.07) is 13.8. The minimum atomic E-state index is -0.502. The number of carbonyl (C=O) groups is 1. The van der Waals surface area contributed by atoms with Gasteiger partial charge >= 0.3 is 0 Å². The molecule has 3 rings (SSSR count). The Morgan fingerprint density at radius 1 is 1.13 bits per heavy atom. The van der Waals surface area contributed by atoms with Gasteiger partial charge in [0, 0.05) is 5.56 Å². The maximum atomic E-state index is 13.8. The highest BCUT2D eigenvalue weighted by molar-refractivity contribution is 6.03. The molecule has 0 unspecified atom stereocenters. The van der Waals surface area contributed by atoms with Crippen LogP contribution >= 0.6 is 0 Å². The van der Waals surface area contributed by atoms with Gasteiger partial charge in [0.2, 0.25) is 5.89 Å². The molecule has 0 fully saturated rings. The monoisotopic (exact) mass is 310 g/mol. The largest absolute Gasteiger partial charge is 0.441 e. The smallest absolute Gasteiger partial charge is 0.278 e. The van der Waals surface area contributed by atoms with Crippen LogP contribution in [0.3, 0.4) is 0 Å². The molecule has 5 heteroatoms. The van der Waals surface area contributed by atoms with Crippen LogP contribution in [0.5, 0.6) is 0 Å². The van der Waals surface area contributed by atoms with E-state index in [2.05, 4.69) is 10.3 Å². The van der Waals surface area contributed by atoms with E-state index in [0.717, 1.165) is 11.1 Å². The first-order chi connectivity index (χ1) is 11.0. The van der Waals surface area contributed by atoms with Crippen molar-refractivity contribution in [1.82, 2.24) is 4.98 Å². The van der Waals surface area contributed by atoms with E-state index >= 15 is 0 Å². The van der Waals surface area contributed by atoms with Crippen LogP contribution in [0.1, 0.15) is 21.8 Å². The highest BCUT2D eigenvalue weighted by atomic mass is 19.1. The molecule has 0 bridgehead atoms. The lowest BCUT2D eigenvalue weighted by Crippen LogP contribution is -2.14. The molecule has 3 aromatic rings. The number of benzene rings is 2. The van der Waals surface area contributed by atoms with Gasteiger partial charge in [-0.3, -0.25) is 4.79 Å². The molecule has 0 spiro atoms. The summed E-state index contributed by atoms with van der Waals surface area (Å²) in [5, 5.41) is 2.54. The summed E-state index contributed by atoms with van der Waals surface area (Å²) in [5.74, 6) is -0.251. The van der Waals surface area contributed by atoms with Crippen LogP contribution in [0.25, 0.3) is 11.5 Å². The van der Waals surface area contributed by atoms with Gasteiger partial charge in [-0.1, -0.05) is 24.3 Å². The molecule has 1 N–H and O–H groups in total. The normalized spacial score (nSPS) is 10.6. The Bertz CT molecular complexity index is 857. The van der Waals surface area contributed by atoms with E-state index in [1.807, 2.05) is 37.3 Å². The van der Waals surface area contributed by atoms with Crippen LogP contribution in [0.15, 0.2) is 52.9 Å². The molecule has 2 aromatic carbocycles. The third kappa shape index (κ3) is 3.13. The highest BCUT2D eigenvalue weighted by Crippen LogP contribution is 2.23. The Morgan fingerprint density at radius 2 is 1.87 bits per heavy atom. The number of hydrogen-bond donors (Lipinski definition) is 1. The van der Waals surface area contributed by atoms with Crippen LogP contribution in [0, 0.1) is 19.7 Å². The first kappa shape index (κ1) is 15.0. The Balaban J connectivity index is 1.88. The first-order valence-electron chi connectivity index (χ1n) is 7.15. The lowest BCUT2D eigenvalue weighted by molar-refractivity contribution is 0.102. The second kappa shape index (κ2) is 6.04. The molecule has 23 heavy (non-hydrogen) atoms. The van der Waals surface area contributed by atoms with Gasteiger partial charge in [-0.2, -0.15) is 0 Å². The molecule has 0 aliphatic rings. The minimum Gasteiger partial charge on any atom is -0.441 e. The zero-order valence-electron chi connectivity index (χ0n) is 12.8. The summed E-state index contributed by atoms with van der Waals surface area (Å²) in [6.07, 6.45) is 0.